The van der Waals surface area contributed by atoms with Crippen molar-refractivity contribution in [1.29, 1.82) is 0 Å². The minimum atomic E-state index is -0.406. The van der Waals surface area contributed by atoms with Crippen LogP contribution in [-0.4, -0.2) is 13.2 Å². The molecule has 0 spiro atoms. The second-order valence-electron chi connectivity index (χ2n) is 4.11. The Kier molecular flexibility index (Phi) is 3.03. The molecule has 3 heteroatoms. The van der Waals surface area contributed by atoms with Gasteiger partial charge in [0.05, 0.1) is 13.2 Å². The van der Waals surface area contributed by atoms with Crippen molar-refractivity contribution in [3.63, 3.8) is 0 Å². The maximum absolute atomic E-state index is 13.3. The third-order valence-corrected chi connectivity index (χ3v) is 2.53. The van der Waals surface area contributed by atoms with Gasteiger partial charge in [-0.3, -0.25) is 0 Å². The predicted molar refractivity (Wildman–Crippen MR) is 54.9 cm³/mol. The predicted octanol–water partition coefficient (Wildman–Crippen LogP) is 2.82. The monoisotopic (exact) mass is 210 g/mol. The summed E-state index contributed by atoms with van der Waals surface area (Å²) in [6.07, 6.45) is -0.406. The van der Waals surface area contributed by atoms with E-state index in [1.54, 1.807) is 13.0 Å². The van der Waals surface area contributed by atoms with Gasteiger partial charge in [0, 0.05) is 11.5 Å². The Morgan fingerprint density at radius 1 is 1.27 bits per heavy atom. The van der Waals surface area contributed by atoms with Gasteiger partial charge >= 0.3 is 0 Å². The van der Waals surface area contributed by atoms with Crippen LogP contribution in [0.4, 0.5) is 4.39 Å². The van der Waals surface area contributed by atoms with E-state index in [0.29, 0.717) is 24.7 Å². The van der Waals surface area contributed by atoms with Crippen molar-refractivity contribution in [3.8, 4) is 0 Å². The van der Waals surface area contributed by atoms with E-state index in [0.717, 1.165) is 5.56 Å². The smallest absolute Gasteiger partial charge is 0.183 e. The molecule has 0 atom stereocenters. The molecule has 0 aromatic heterocycles. The Bertz CT molecular complexity index is 343. The van der Waals surface area contributed by atoms with Crippen LogP contribution < -0.4 is 0 Å². The molecule has 1 heterocycles. The van der Waals surface area contributed by atoms with Crippen LogP contribution in [0.25, 0.3) is 0 Å². The Hall–Kier alpha value is -0.930. The van der Waals surface area contributed by atoms with E-state index >= 15 is 0 Å². The number of rotatable bonds is 1. The highest BCUT2D eigenvalue weighted by Crippen LogP contribution is 2.25. The second-order valence-corrected chi connectivity index (χ2v) is 4.11. The fourth-order valence-electron chi connectivity index (χ4n) is 1.55. The van der Waals surface area contributed by atoms with Crippen molar-refractivity contribution in [1.82, 2.24) is 0 Å². The molecule has 1 aromatic carbocycles. The SMILES string of the molecule is Cc1ccc(C2OCC(C)CO2)cc1F. The van der Waals surface area contributed by atoms with Crippen LogP contribution in [0.15, 0.2) is 18.2 Å². The molecule has 82 valence electrons. The minimum absolute atomic E-state index is 0.210. The van der Waals surface area contributed by atoms with Gasteiger partial charge in [0.25, 0.3) is 0 Å². The molecule has 0 N–H and O–H groups in total. The van der Waals surface area contributed by atoms with E-state index in [-0.39, 0.29) is 5.82 Å². The molecular weight excluding hydrogens is 195 g/mol. The fourth-order valence-corrected chi connectivity index (χ4v) is 1.55. The van der Waals surface area contributed by atoms with Crippen molar-refractivity contribution in [3.05, 3.63) is 35.1 Å². The van der Waals surface area contributed by atoms with Crippen molar-refractivity contribution >= 4 is 0 Å². The molecule has 1 aromatic rings. The van der Waals surface area contributed by atoms with Gasteiger partial charge in [-0.25, -0.2) is 4.39 Å². The van der Waals surface area contributed by atoms with Crippen LogP contribution in [0.3, 0.4) is 0 Å². The fraction of sp³-hybridized carbons (Fsp3) is 0.500. The highest BCUT2D eigenvalue weighted by atomic mass is 19.1. The lowest BCUT2D eigenvalue weighted by molar-refractivity contribution is -0.202. The van der Waals surface area contributed by atoms with Crippen molar-refractivity contribution in [2.45, 2.75) is 20.1 Å². The highest BCUT2D eigenvalue weighted by Gasteiger charge is 2.21. The summed E-state index contributed by atoms with van der Waals surface area (Å²) >= 11 is 0. The number of hydrogen-bond donors (Lipinski definition) is 0. The Labute approximate surface area is 89.0 Å². The van der Waals surface area contributed by atoms with Gasteiger partial charge in [0.1, 0.15) is 5.82 Å². The van der Waals surface area contributed by atoms with Crippen LogP contribution in [0, 0.1) is 18.7 Å². The number of halogens is 1. The standard InChI is InChI=1S/C12H15FO2/c1-8-6-14-12(15-7-8)10-4-3-9(2)11(13)5-10/h3-5,8,12H,6-7H2,1-2H3. The Balaban J connectivity index is 2.12. The van der Waals surface area contributed by atoms with Crippen molar-refractivity contribution in [2.24, 2.45) is 5.92 Å². The van der Waals surface area contributed by atoms with Gasteiger partial charge in [-0.1, -0.05) is 19.1 Å². The average Bonchev–Trinajstić information content (AvgIpc) is 2.23. The molecule has 1 saturated heterocycles. The largest absolute Gasteiger partial charge is 0.348 e. The highest BCUT2D eigenvalue weighted by molar-refractivity contribution is 5.24. The second kappa shape index (κ2) is 4.29. The number of aryl methyl sites for hydroxylation is 1. The molecule has 1 fully saturated rings. The maximum Gasteiger partial charge on any atom is 0.183 e. The first-order chi connectivity index (χ1) is 7.16. The van der Waals surface area contributed by atoms with Gasteiger partial charge in [-0.15, -0.1) is 0 Å². The van der Waals surface area contributed by atoms with Crippen LogP contribution >= 0.6 is 0 Å². The normalized spacial score (nSPS) is 26.6. The molecule has 1 aliphatic heterocycles. The number of benzene rings is 1. The molecule has 2 nitrogen and oxygen atoms in total. The van der Waals surface area contributed by atoms with Crippen molar-refractivity contribution in [2.75, 3.05) is 13.2 Å². The Morgan fingerprint density at radius 2 is 1.93 bits per heavy atom. The van der Waals surface area contributed by atoms with E-state index in [2.05, 4.69) is 6.92 Å². The van der Waals surface area contributed by atoms with Gasteiger partial charge in [-0.2, -0.15) is 0 Å². The van der Waals surface area contributed by atoms with Crippen LogP contribution in [0.1, 0.15) is 24.3 Å². The lowest BCUT2D eigenvalue weighted by Crippen LogP contribution is -2.25. The summed E-state index contributed by atoms with van der Waals surface area (Å²) in [5.41, 5.74) is 1.40. The summed E-state index contributed by atoms with van der Waals surface area (Å²) in [5, 5.41) is 0. The van der Waals surface area contributed by atoms with E-state index in [4.69, 9.17) is 9.47 Å². The summed E-state index contributed by atoms with van der Waals surface area (Å²) < 4.78 is 24.3. The third-order valence-electron chi connectivity index (χ3n) is 2.53. The molecule has 0 bridgehead atoms. The third kappa shape index (κ3) is 2.36. The zero-order valence-electron chi connectivity index (χ0n) is 9.00. The number of ether oxygens (including phenoxy) is 2. The molecule has 0 saturated carbocycles. The molecule has 0 radical (unpaired) electrons. The van der Waals surface area contributed by atoms with E-state index in [1.807, 2.05) is 6.07 Å². The average molecular weight is 210 g/mol. The summed E-state index contributed by atoms with van der Waals surface area (Å²) in [5.74, 6) is 0.204. The van der Waals surface area contributed by atoms with E-state index in [1.165, 1.54) is 6.07 Å². The van der Waals surface area contributed by atoms with Crippen molar-refractivity contribution < 1.29 is 13.9 Å². The summed E-state index contributed by atoms with van der Waals surface area (Å²) in [6.45, 7) is 5.13. The van der Waals surface area contributed by atoms with E-state index in [9.17, 15) is 4.39 Å². The first-order valence-electron chi connectivity index (χ1n) is 5.16. The maximum atomic E-state index is 13.3. The van der Waals surface area contributed by atoms with Gasteiger partial charge < -0.3 is 9.47 Å². The molecule has 2 rings (SSSR count). The summed E-state index contributed by atoms with van der Waals surface area (Å²) in [4.78, 5) is 0. The van der Waals surface area contributed by atoms with Crippen LogP contribution in [0.2, 0.25) is 0 Å². The number of hydrogen-bond acceptors (Lipinski definition) is 2. The first-order valence-corrected chi connectivity index (χ1v) is 5.16. The molecule has 0 amide bonds. The molecule has 0 aliphatic carbocycles. The van der Waals surface area contributed by atoms with Gasteiger partial charge in [0.2, 0.25) is 0 Å². The quantitative estimate of drug-likeness (QED) is 0.709. The lowest BCUT2D eigenvalue weighted by atomic mass is 10.1. The minimum Gasteiger partial charge on any atom is -0.348 e. The van der Waals surface area contributed by atoms with Gasteiger partial charge in [-0.05, 0) is 18.6 Å². The topological polar surface area (TPSA) is 18.5 Å². The summed E-state index contributed by atoms with van der Waals surface area (Å²) in [6, 6.07) is 5.07. The molecule has 0 unspecified atom stereocenters. The first kappa shape index (κ1) is 10.6. The zero-order chi connectivity index (χ0) is 10.8. The van der Waals surface area contributed by atoms with Crippen LogP contribution in [-0.2, 0) is 9.47 Å². The Morgan fingerprint density at radius 3 is 2.53 bits per heavy atom. The van der Waals surface area contributed by atoms with E-state index < -0.39 is 6.29 Å². The van der Waals surface area contributed by atoms with Crippen LogP contribution in [0.5, 0.6) is 0 Å². The molecular formula is C12H15FO2. The zero-order valence-corrected chi connectivity index (χ0v) is 9.00. The molecule has 15 heavy (non-hydrogen) atoms. The lowest BCUT2D eigenvalue weighted by Gasteiger charge is -2.27. The molecule has 1 aliphatic rings. The summed E-state index contributed by atoms with van der Waals surface area (Å²) in [7, 11) is 0. The van der Waals surface area contributed by atoms with Gasteiger partial charge in [0.15, 0.2) is 6.29 Å².